The third kappa shape index (κ3) is 6.55. The maximum atomic E-state index is 12.3. The third-order valence-corrected chi connectivity index (χ3v) is 5.64. The number of nitrogens with zero attached hydrogens (tertiary/aromatic N) is 1. The second kappa shape index (κ2) is 11.1. The highest BCUT2D eigenvalue weighted by atomic mass is 35.5. The van der Waals surface area contributed by atoms with E-state index in [4.69, 9.17) is 32.7 Å². The van der Waals surface area contributed by atoms with Gasteiger partial charge in [-0.15, -0.1) is 11.8 Å². The quantitative estimate of drug-likeness (QED) is 0.432. The maximum Gasteiger partial charge on any atom is 0.234 e. The van der Waals surface area contributed by atoms with Gasteiger partial charge >= 0.3 is 0 Å². The molecule has 0 aliphatic carbocycles. The number of methoxy groups -OCH3 is 1. The van der Waals surface area contributed by atoms with Gasteiger partial charge in [-0.2, -0.15) is 0 Å². The topological polar surface area (TPSA) is 60.5 Å². The molecule has 156 valence electrons. The number of halogens is 2. The lowest BCUT2D eigenvalue weighted by molar-refractivity contribution is -0.113. The number of aromatic nitrogens is 1. The molecule has 0 saturated heterocycles. The lowest BCUT2D eigenvalue weighted by atomic mass is 10.2. The largest absolute Gasteiger partial charge is 0.493 e. The van der Waals surface area contributed by atoms with E-state index in [0.29, 0.717) is 39.6 Å². The molecule has 0 aliphatic rings. The second-order valence-electron chi connectivity index (χ2n) is 6.29. The molecule has 0 bridgehead atoms. The van der Waals surface area contributed by atoms with Crippen LogP contribution >= 0.6 is 35.0 Å². The number of hydrogen-bond donors (Lipinski definition) is 1. The van der Waals surface area contributed by atoms with Gasteiger partial charge in [0.25, 0.3) is 0 Å². The molecule has 3 rings (SSSR count). The van der Waals surface area contributed by atoms with Crippen molar-refractivity contribution in [3.63, 3.8) is 0 Å². The van der Waals surface area contributed by atoms with E-state index in [0.717, 1.165) is 11.1 Å². The van der Waals surface area contributed by atoms with E-state index in [1.54, 1.807) is 49.8 Å². The van der Waals surface area contributed by atoms with Gasteiger partial charge in [0.1, 0.15) is 6.61 Å². The van der Waals surface area contributed by atoms with Crippen LogP contribution < -0.4 is 14.8 Å². The number of hydrogen-bond acceptors (Lipinski definition) is 5. The minimum Gasteiger partial charge on any atom is -0.493 e. The van der Waals surface area contributed by atoms with E-state index in [1.807, 2.05) is 18.2 Å². The zero-order valence-electron chi connectivity index (χ0n) is 16.2. The summed E-state index contributed by atoms with van der Waals surface area (Å²) >= 11 is 13.5. The molecular formula is C22H20Cl2N2O3S. The first kappa shape index (κ1) is 22.3. The average Bonchev–Trinajstić information content (AvgIpc) is 2.74. The van der Waals surface area contributed by atoms with Crippen LogP contribution in [0, 0.1) is 0 Å². The highest BCUT2D eigenvalue weighted by Crippen LogP contribution is 2.31. The van der Waals surface area contributed by atoms with Crippen LogP contribution in [0.4, 0.5) is 5.69 Å². The third-order valence-electron chi connectivity index (χ3n) is 4.07. The molecule has 1 amide bonds. The Morgan fingerprint density at radius 3 is 2.73 bits per heavy atom. The van der Waals surface area contributed by atoms with E-state index in [9.17, 15) is 4.79 Å². The Bertz CT molecular complexity index is 1000. The van der Waals surface area contributed by atoms with E-state index in [-0.39, 0.29) is 11.7 Å². The van der Waals surface area contributed by atoms with Crippen LogP contribution in [0.25, 0.3) is 0 Å². The van der Waals surface area contributed by atoms with Gasteiger partial charge in [0.2, 0.25) is 5.91 Å². The minimum absolute atomic E-state index is 0.117. The summed E-state index contributed by atoms with van der Waals surface area (Å²) in [5.74, 6) is 1.92. The summed E-state index contributed by atoms with van der Waals surface area (Å²) in [5.41, 5.74) is 2.51. The van der Waals surface area contributed by atoms with Crippen LogP contribution in [-0.4, -0.2) is 23.8 Å². The number of benzene rings is 2. The number of anilines is 1. The molecular weight excluding hydrogens is 443 g/mol. The number of rotatable bonds is 9. The Labute approximate surface area is 189 Å². The molecule has 5 nitrogen and oxygen atoms in total. The van der Waals surface area contributed by atoms with Crippen molar-refractivity contribution in [3.8, 4) is 11.5 Å². The van der Waals surface area contributed by atoms with Gasteiger partial charge in [0, 0.05) is 45.5 Å². The van der Waals surface area contributed by atoms with Crippen molar-refractivity contribution < 1.29 is 14.3 Å². The van der Waals surface area contributed by atoms with Gasteiger partial charge in [0.05, 0.1) is 12.9 Å². The van der Waals surface area contributed by atoms with Crippen LogP contribution in [-0.2, 0) is 17.2 Å². The molecule has 0 unspecified atom stereocenters. The first-order valence-corrected chi connectivity index (χ1v) is 11.0. The van der Waals surface area contributed by atoms with E-state index in [2.05, 4.69) is 10.3 Å². The molecule has 0 radical (unpaired) electrons. The van der Waals surface area contributed by atoms with Crippen LogP contribution in [0.15, 0.2) is 60.9 Å². The molecule has 30 heavy (non-hydrogen) atoms. The Morgan fingerprint density at radius 2 is 2.00 bits per heavy atom. The molecule has 0 fully saturated rings. The van der Waals surface area contributed by atoms with Gasteiger partial charge < -0.3 is 14.8 Å². The molecule has 3 aromatic rings. The minimum atomic E-state index is -0.117. The Morgan fingerprint density at radius 1 is 1.13 bits per heavy atom. The number of ether oxygens (including phenoxy) is 2. The fraction of sp³-hybridized carbons (Fsp3) is 0.182. The Hall–Kier alpha value is -2.41. The summed E-state index contributed by atoms with van der Waals surface area (Å²) in [7, 11) is 1.57. The number of carbonyl (C=O) groups is 1. The van der Waals surface area contributed by atoms with E-state index >= 15 is 0 Å². The molecule has 2 aromatic carbocycles. The summed E-state index contributed by atoms with van der Waals surface area (Å²) in [6.07, 6.45) is 3.45. The molecule has 0 spiro atoms. The smallest absolute Gasteiger partial charge is 0.234 e. The maximum absolute atomic E-state index is 12.3. The SMILES string of the molecule is COc1ccc(NC(=O)CSCc2ccc(Cl)cc2Cl)cc1OCc1cccnc1. The summed E-state index contributed by atoms with van der Waals surface area (Å²) in [5, 5.41) is 4.07. The molecule has 0 aliphatic heterocycles. The lowest BCUT2D eigenvalue weighted by Crippen LogP contribution is -2.14. The van der Waals surface area contributed by atoms with Crippen molar-refractivity contribution in [1.29, 1.82) is 0 Å². The number of carbonyl (C=O) groups excluding carboxylic acids is 1. The standard InChI is InChI=1S/C22H20Cl2N2O3S/c1-28-20-7-6-18(10-21(20)29-12-15-3-2-8-25-11-15)26-22(27)14-30-13-16-4-5-17(23)9-19(16)24/h2-11H,12-14H2,1H3,(H,26,27). The fourth-order valence-corrected chi connectivity index (χ4v) is 3.99. The second-order valence-corrected chi connectivity index (χ2v) is 8.12. The number of amides is 1. The van der Waals surface area contributed by atoms with Crippen LogP contribution in [0.2, 0.25) is 10.0 Å². The van der Waals surface area contributed by atoms with Crippen molar-refractivity contribution in [2.45, 2.75) is 12.4 Å². The van der Waals surface area contributed by atoms with Gasteiger partial charge in [-0.05, 0) is 35.9 Å². The van der Waals surface area contributed by atoms with Crippen molar-refractivity contribution in [2.24, 2.45) is 0 Å². The summed E-state index contributed by atoms with van der Waals surface area (Å²) < 4.78 is 11.2. The lowest BCUT2D eigenvalue weighted by Gasteiger charge is -2.13. The first-order chi connectivity index (χ1) is 14.5. The average molecular weight is 463 g/mol. The van der Waals surface area contributed by atoms with Crippen molar-refractivity contribution in [2.75, 3.05) is 18.2 Å². The van der Waals surface area contributed by atoms with Gasteiger partial charge in [-0.1, -0.05) is 35.3 Å². The summed E-state index contributed by atoms with van der Waals surface area (Å²) in [4.78, 5) is 16.4. The summed E-state index contributed by atoms with van der Waals surface area (Å²) in [6.45, 7) is 0.347. The zero-order chi connectivity index (χ0) is 21.3. The molecule has 1 N–H and O–H groups in total. The number of nitrogens with one attached hydrogen (secondary N) is 1. The monoisotopic (exact) mass is 462 g/mol. The fourth-order valence-electron chi connectivity index (χ4n) is 2.60. The molecule has 0 saturated carbocycles. The highest BCUT2D eigenvalue weighted by molar-refractivity contribution is 7.99. The zero-order valence-corrected chi connectivity index (χ0v) is 18.6. The number of pyridine rings is 1. The molecule has 1 heterocycles. The normalized spacial score (nSPS) is 10.5. The Balaban J connectivity index is 1.55. The van der Waals surface area contributed by atoms with Crippen LogP contribution in [0.3, 0.4) is 0 Å². The Kier molecular flexibility index (Phi) is 8.25. The molecule has 0 atom stereocenters. The van der Waals surface area contributed by atoms with Crippen LogP contribution in [0.5, 0.6) is 11.5 Å². The summed E-state index contributed by atoms with van der Waals surface area (Å²) in [6, 6.07) is 14.4. The van der Waals surface area contributed by atoms with Crippen molar-refractivity contribution >= 4 is 46.6 Å². The predicted molar refractivity (Wildman–Crippen MR) is 123 cm³/mol. The predicted octanol–water partition coefficient (Wildman–Crippen LogP) is 5.85. The van der Waals surface area contributed by atoms with Crippen molar-refractivity contribution in [3.05, 3.63) is 82.1 Å². The first-order valence-electron chi connectivity index (χ1n) is 9.06. The van der Waals surface area contributed by atoms with Crippen molar-refractivity contribution in [1.82, 2.24) is 4.98 Å². The van der Waals surface area contributed by atoms with Gasteiger partial charge in [0.15, 0.2) is 11.5 Å². The molecule has 1 aromatic heterocycles. The van der Waals surface area contributed by atoms with Crippen LogP contribution in [0.1, 0.15) is 11.1 Å². The van der Waals surface area contributed by atoms with Gasteiger partial charge in [-0.25, -0.2) is 0 Å². The highest BCUT2D eigenvalue weighted by Gasteiger charge is 2.10. The van der Waals surface area contributed by atoms with Gasteiger partial charge in [-0.3, -0.25) is 9.78 Å². The van der Waals surface area contributed by atoms with E-state index in [1.165, 1.54) is 11.8 Å². The van der Waals surface area contributed by atoms with E-state index < -0.39 is 0 Å². The molecule has 8 heteroatoms. The number of thioether (sulfide) groups is 1.